The highest BCUT2D eigenvalue weighted by molar-refractivity contribution is 7.92. The average Bonchev–Trinajstić information content (AvgIpc) is 3.55. The first kappa shape index (κ1) is 34.4. The molecule has 4 aromatic carbocycles. The first-order chi connectivity index (χ1) is 22.5. The Morgan fingerprint density at radius 2 is 1.49 bits per heavy atom. The van der Waals surface area contributed by atoms with E-state index in [1.165, 1.54) is 47.4 Å². The lowest BCUT2D eigenvalue weighted by atomic mass is 10.0. The van der Waals surface area contributed by atoms with E-state index in [4.69, 9.17) is 23.2 Å². The molecular weight excluding hydrogens is 660 g/mol. The van der Waals surface area contributed by atoms with Crippen LogP contribution in [-0.2, 0) is 32.6 Å². The molecule has 5 rings (SSSR count). The van der Waals surface area contributed by atoms with Gasteiger partial charge in [0.15, 0.2) is 0 Å². The van der Waals surface area contributed by atoms with Gasteiger partial charge in [-0.05, 0) is 73.4 Å². The van der Waals surface area contributed by atoms with E-state index in [0.29, 0.717) is 5.56 Å². The van der Waals surface area contributed by atoms with Crippen molar-refractivity contribution >= 4 is 50.7 Å². The Morgan fingerprint density at radius 1 is 0.872 bits per heavy atom. The second kappa shape index (κ2) is 15.3. The number of halogens is 3. The Kier molecular flexibility index (Phi) is 11.2. The van der Waals surface area contributed by atoms with Gasteiger partial charge in [-0.15, -0.1) is 0 Å². The molecule has 0 aromatic heterocycles. The molecule has 1 fully saturated rings. The molecule has 1 aliphatic rings. The van der Waals surface area contributed by atoms with Crippen LogP contribution in [0, 0.1) is 12.7 Å². The normalized spacial score (nSPS) is 14.0. The number of anilines is 1. The zero-order valence-corrected chi connectivity index (χ0v) is 28.2. The van der Waals surface area contributed by atoms with E-state index in [-0.39, 0.29) is 45.5 Å². The maximum absolute atomic E-state index is 14.6. The van der Waals surface area contributed by atoms with Crippen LogP contribution in [-0.4, -0.2) is 43.8 Å². The van der Waals surface area contributed by atoms with Gasteiger partial charge in [-0.25, -0.2) is 12.8 Å². The van der Waals surface area contributed by atoms with Gasteiger partial charge in [0.2, 0.25) is 11.8 Å². The van der Waals surface area contributed by atoms with Crippen molar-refractivity contribution < 1.29 is 22.4 Å². The number of hydrogen-bond acceptors (Lipinski definition) is 4. The molecule has 0 radical (unpaired) electrons. The number of benzene rings is 4. The molecule has 0 spiro atoms. The highest BCUT2D eigenvalue weighted by Crippen LogP contribution is 2.30. The van der Waals surface area contributed by atoms with Crippen molar-refractivity contribution in [3.05, 3.63) is 130 Å². The SMILES string of the molecule is Cc1ccc(S(=O)(=O)N(CC(=O)N(Cc2ccc(F)cc2)[C@@H](Cc2ccccc2)C(=O)NC2CCCC2)c2cc(Cl)cc(Cl)c2)cc1. The lowest BCUT2D eigenvalue weighted by Crippen LogP contribution is -2.54. The van der Waals surface area contributed by atoms with E-state index in [9.17, 15) is 22.4 Å². The fourth-order valence-corrected chi connectivity index (χ4v) is 7.67. The van der Waals surface area contributed by atoms with Gasteiger partial charge in [-0.1, -0.05) is 96.2 Å². The predicted octanol–water partition coefficient (Wildman–Crippen LogP) is 7.34. The summed E-state index contributed by atoms with van der Waals surface area (Å²) in [4.78, 5) is 30.0. The molecule has 47 heavy (non-hydrogen) atoms. The van der Waals surface area contributed by atoms with E-state index in [1.54, 1.807) is 24.3 Å². The van der Waals surface area contributed by atoms with Gasteiger partial charge in [-0.3, -0.25) is 13.9 Å². The molecule has 246 valence electrons. The molecule has 1 saturated carbocycles. The summed E-state index contributed by atoms with van der Waals surface area (Å²) < 4.78 is 43.2. The van der Waals surface area contributed by atoms with Crippen molar-refractivity contribution in [2.45, 2.75) is 62.6 Å². The fraction of sp³-hybridized carbons (Fsp3) is 0.278. The van der Waals surface area contributed by atoms with Crippen LogP contribution >= 0.6 is 23.2 Å². The van der Waals surface area contributed by atoms with Crippen molar-refractivity contribution in [1.29, 1.82) is 0 Å². The molecule has 0 heterocycles. The van der Waals surface area contributed by atoms with Gasteiger partial charge in [0.1, 0.15) is 18.4 Å². The van der Waals surface area contributed by atoms with Crippen molar-refractivity contribution in [2.24, 2.45) is 0 Å². The number of hydrogen-bond donors (Lipinski definition) is 1. The Hall–Kier alpha value is -3.92. The highest BCUT2D eigenvalue weighted by Gasteiger charge is 2.35. The van der Waals surface area contributed by atoms with E-state index in [2.05, 4.69) is 5.32 Å². The third-order valence-electron chi connectivity index (χ3n) is 8.26. The van der Waals surface area contributed by atoms with Crippen molar-refractivity contribution in [1.82, 2.24) is 10.2 Å². The lowest BCUT2D eigenvalue weighted by Gasteiger charge is -2.34. The van der Waals surface area contributed by atoms with Crippen LogP contribution < -0.4 is 9.62 Å². The smallest absolute Gasteiger partial charge is 0.264 e. The maximum atomic E-state index is 14.6. The van der Waals surface area contributed by atoms with Crippen LogP contribution in [0.25, 0.3) is 0 Å². The fourth-order valence-electron chi connectivity index (χ4n) is 5.76. The number of carbonyl (C=O) groups is 2. The van der Waals surface area contributed by atoms with Crippen LogP contribution in [0.5, 0.6) is 0 Å². The summed E-state index contributed by atoms with van der Waals surface area (Å²) in [6.45, 7) is 1.12. The van der Waals surface area contributed by atoms with Crippen LogP contribution in [0.4, 0.5) is 10.1 Å². The first-order valence-electron chi connectivity index (χ1n) is 15.4. The summed E-state index contributed by atoms with van der Waals surface area (Å²) in [7, 11) is -4.32. The monoisotopic (exact) mass is 695 g/mol. The zero-order valence-electron chi connectivity index (χ0n) is 25.9. The van der Waals surface area contributed by atoms with E-state index < -0.39 is 34.3 Å². The lowest BCUT2D eigenvalue weighted by molar-refractivity contribution is -0.140. The Labute approximate surface area is 285 Å². The second-order valence-electron chi connectivity index (χ2n) is 11.8. The minimum absolute atomic E-state index is 0.0180. The predicted molar refractivity (Wildman–Crippen MR) is 183 cm³/mol. The van der Waals surface area contributed by atoms with E-state index in [0.717, 1.165) is 41.1 Å². The molecule has 11 heteroatoms. The molecule has 2 amide bonds. The standard InChI is InChI=1S/C36H36Cl2FN3O4S/c1-25-11-17-33(18-12-25)47(45,46)42(32-21-28(37)20-29(38)22-32)24-35(43)41(23-27-13-15-30(39)16-14-27)34(19-26-7-3-2-4-8-26)36(44)40-31-9-5-6-10-31/h2-4,7-8,11-18,20-22,31,34H,5-6,9-10,19,23-24H2,1H3,(H,40,44)/t34-/m0/s1. The minimum Gasteiger partial charge on any atom is -0.352 e. The van der Waals surface area contributed by atoms with Gasteiger partial charge < -0.3 is 10.2 Å². The summed E-state index contributed by atoms with van der Waals surface area (Å²) >= 11 is 12.6. The zero-order chi connectivity index (χ0) is 33.6. The summed E-state index contributed by atoms with van der Waals surface area (Å²) in [6.07, 6.45) is 3.86. The number of aryl methyl sites for hydroxylation is 1. The highest BCUT2D eigenvalue weighted by atomic mass is 35.5. The van der Waals surface area contributed by atoms with Crippen LogP contribution in [0.1, 0.15) is 42.4 Å². The summed E-state index contributed by atoms with van der Waals surface area (Å²) in [5.74, 6) is -1.42. The maximum Gasteiger partial charge on any atom is 0.264 e. The molecular formula is C36H36Cl2FN3O4S. The van der Waals surface area contributed by atoms with Gasteiger partial charge >= 0.3 is 0 Å². The second-order valence-corrected chi connectivity index (χ2v) is 14.5. The van der Waals surface area contributed by atoms with Crippen molar-refractivity contribution in [3.63, 3.8) is 0 Å². The van der Waals surface area contributed by atoms with Gasteiger partial charge in [0.25, 0.3) is 10.0 Å². The molecule has 0 aliphatic heterocycles. The van der Waals surface area contributed by atoms with Gasteiger partial charge in [0, 0.05) is 29.1 Å². The topological polar surface area (TPSA) is 86.8 Å². The van der Waals surface area contributed by atoms with E-state index >= 15 is 0 Å². The molecule has 1 N–H and O–H groups in total. The molecule has 0 saturated heterocycles. The number of amides is 2. The number of nitrogens with one attached hydrogen (secondary N) is 1. The third-order valence-corrected chi connectivity index (χ3v) is 10.5. The van der Waals surface area contributed by atoms with Crippen molar-refractivity contribution in [3.8, 4) is 0 Å². The number of nitrogens with zero attached hydrogens (tertiary/aromatic N) is 2. The summed E-state index contributed by atoms with van der Waals surface area (Å²) in [6, 6.07) is 24.5. The molecule has 4 aromatic rings. The van der Waals surface area contributed by atoms with Gasteiger partial charge in [-0.2, -0.15) is 0 Å². The quantitative estimate of drug-likeness (QED) is 0.168. The Bertz CT molecular complexity index is 1780. The molecule has 7 nitrogen and oxygen atoms in total. The largest absolute Gasteiger partial charge is 0.352 e. The number of sulfonamides is 1. The first-order valence-corrected chi connectivity index (χ1v) is 17.6. The molecule has 1 atom stereocenters. The van der Waals surface area contributed by atoms with Crippen LogP contribution in [0.15, 0.2) is 102 Å². The minimum atomic E-state index is -4.32. The molecule has 1 aliphatic carbocycles. The number of carbonyl (C=O) groups excluding carboxylic acids is 2. The van der Waals surface area contributed by atoms with Gasteiger partial charge in [0.05, 0.1) is 10.6 Å². The number of rotatable bonds is 12. The Balaban J connectivity index is 1.58. The molecule has 0 bridgehead atoms. The van der Waals surface area contributed by atoms with Crippen LogP contribution in [0.3, 0.4) is 0 Å². The van der Waals surface area contributed by atoms with E-state index in [1.807, 2.05) is 37.3 Å². The average molecular weight is 697 g/mol. The summed E-state index contributed by atoms with van der Waals surface area (Å²) in [5.41, 5.74) is 2.35. The van der Waals surface area contributed by atoms with Crippen molar-refractivity contribution in [2.75, 3.05) is 10.8 Å². The third kappa shape index (κ3) is 8.91. The summed E-state index contributed by atoms with van der Waals surface area (Å²) in [5, 5.41) is 3.50. The molecule has 0 unspecified atom stereocenters. The van der Waals surface area contributed by atoms with Crippen LogP contribution in [0.2, 0.25) is 10.0 Å². The Morgan fingerprint density at radius 3 is 2.11 bits per heavy atom.